The van der Waals surface area contributed by atoms with Gasteiger partial charge in [-0.15, -0.1) is 0 Å². The molecule has 3 fully saturated rings. The number of nitrogens with one attached hydrogen (secondary N) is 2. The number of aliphatic hydroxyl groups is 4. The zero-order chi connectivity index (χ0) is 39.0. The van der Waals surface area contributed by atoms with Crippen LogP contribution in [0.4, 0.5) is 0 Å². The minimum Gasteiger partial charge on any atom is -0.490 e. The van der Waals surface area contributed by atoms with Gasteiger partial charge in [-0.3, -0.25) is 19.5 Å². The number of benzene rings is 2. The van der Waals surface area contributed by atoms with Crippen molar-refractivity contribution in [1.29, 1.82) is 0 Å². The summed E-state index contributed by atoms with van der Waals surface area (Å²) in [6, 6.07) is 16.6. The minimum atomic E-state index is -1.47. The van der Waals surface area contributed by atoms with Gasteiger partial charge in [0.15, 0.2) is 0 Å². The Hall–Kier alpha value is -3.62. The van der Waals surface area contributed by atoms with Crippen LogP contribution in [0.15, 0.2) is 60.9 Å². The number of hydrogen-bond donors (Lipinski definition) is 6. The van der Waals surface area contributed by atoms with E-state index in [9.17, 15) is 24.9 Å². The van der Waals surface area contributed by atoms with Gasteiger partial charge in [-0.05, 0) is 91.3 Å². The summed E-state index contributed by atoms with van der Waals surface area (Å²) in [4.78, 5) is 33.8. The number of rotatable bonds is 20. The molecule has 1 saturated heterocycles. The Morgan fingerprint density at radius 2 is 1.76 bits per heavy atom. The molecule has 2 saturated carbocycles. The summed E-state index contributed by atoms with van der Waals surface area (Å²) in [5.74, 6) is 0.970. The van der Waals surface area contributed by atoms with Crippen LogP contribution in [0.1, 0.15) is 80.9 Å². The molecule has 6 N–H and O–H groups in total. The molecule has 2 aliphatic carbocycles. The van der Waals surface area contributed by atoms with Crippen molar-refractivity contribution in [3.05, 3.63) is 82.6 Å². The summed E-state index contributed by atoms with van der Waals surface area (Å²) in [6.45, 7) is 4.57. The largest absolute Gasteiger partial charge is 0.490 e. The van der Waals surface area contributed by atoms with E-state index in [0.29, 0.717) is 45.2 Å². The Morgan fingerprint density at radius 3 is 2.49 bits per heavy atom. The van der Waals surface area contributed by atoms with E-state index in [1.165, 1.54) is 11.1 Å². The first kappa shape index (κ1) is 41.0. The number of para-hydroxylation sites is 1. The first-order chi connectivity index (χ1) is 26.6. The van der Waals surface area contributed by atoms with Crippen molar-refractivity contribution in [2.75, 3.05) is 45.9 Å². The predicted octanol–water partition coefficient (Wildman–Crippen LogP) is 3.72. The molecule has 3 aliphatic rings. The number of aliphatic hydroxyl groups excluding tert-OH is 4. The standard InChI is InChI=1S/C42H56ClN5O7/c1-28(5-4-8-40(53)48-20-18-47(19-21-48)27-39(52)45-26-37(51)41(54)36(50)14-22-49)29-9-12-35(43)30(23-29)24-46-42(15-16-42)34-25-44-17-13-32(34)33-6-2-3-7-38(33)55-31-10-11-31/h2-3,6-7,9,12-13,17,23,25,28,31,36-37,41,46,49-51,54H,4-5,8,10-11,14-16,18-22,24,26-27H2,1H3,(H,45,52). The van der Waals surface area contributed by atoms with Crippen LogP contribution in [-0.2, 0) is 21.7 Å². The number of hydrogen-bond acceptors (Lipinski definition) is 10. The van der Waals surface area contributed by atoms with E-state index in [1.54, 1.807) is 0 Å². The van der Waals surface area contributed by atoms with Gasteiger partial charge in [-0.2, -0.15) is 0 Å². The number of aromatic nitrogens is 1. The summed E-state index contributed by atoms with van der Waals surface area (Å²) in [5, 5.41) is 45.7. The van der Waals surface area contributed by atoms with Crippen molar-refractivity contribution in [3.8, 4) is 16.9 Å². The summed E-state index contributed by atoms with van der Waals surface area (Å²) in [7, 11) is 0. The molecule has 0 bridgehead atoms. The van der Waals surface area contributed by atoms with Gasteiger partial charge >= 0.3 is 0 Å². The Balaban J connectivity index is 0.942. The minimum absolute atomic E-state index is 0.0701. The smallest absolute Gasteiger partial charge is 0.234 e. The maximum atomic E-state index is 13.1. The third kappa shape index (κ3) is 11.0. The number of ether oxygens (including phenoxy) is 1. The lowest BCUT2D eigenvalue weighted by atomic mass is 9.93. The highest BCUT2D eigenvalue weighted by atomic mass is 35.5. The molecule has 1 aromatic heterocycles. The molecule has 13 heteroatoms. The number of pyridine rings is 1. The van der Waals surface area contributed by atoms with Crippen LogP contribution < -0.4 is 15.4 Å². The maximum Gasteiger partial charge on any atom is 0.234 e. The molecular weight excluding hydrogens is 722 g/mol. The first-order valence-corrected chi connectivity index (χ1v) is 20.1. The van der Waals surface area contributed by atoms with Crippen LogP contribution in [0.2, 0.25) is 5.02 Å². The Morgan fingerprint density at radius 1 is 1.00 bits per heavy atom. The molecular formula is C42H56ClN5O7. The first-order valence-electron chi connectivity index (χ1n) is 19.7. The molecule has 2 aromatic carbocycles. The second-order valence-corrected chi connectivity index (χ2v) is 15.8. The lowest BCUT2D eigenvalue weighted by Gasteiger charge is -2.34. The third-order valence-corrected chi connectivity index (χ3v) is 11.5. The number of nitrogens with zero attached hydrogens (tertiary/aromatic N) is 3. The van der Waals surface area contributed by atoms with Gasteiger partial charge in [0.25, 0.3) is 0 Å². The number of halogens is 1. The molecule has 3 aromatic rings. The van der Waals surface area contributed by atoms with E-state index in [0.717, 1.165) is 66.0 Å². The number of amides is 2. The van der Waals surface area contributed by atoms with Crippen LogP contribution in [0, 0.1) is 0 Å². The SMILES string of the molecule is CC(CCCC(=O)N1CCN(CC(=O)NCC(O)C(O)C(O)CCO)CC1)c1ccc(Cl)c(CNC2(c3cnccc3-c3ccccc3OC3CC3)CC2)c1. The molecule has 4 atom stereocenters. The Labute approximate surface area is 328 Å². The zero-order valence-electron chi connectivity index (χ0n) is 31.7. The van der Waals surface area contributed by atoms with E-state index < -0.39 is 18.3 Å². The molecule has 0 spiro atoms. The third-order valence-electron chi connectivity index (χ3n) is 11.2. The number of carbonyl (C=O) groups excluding carboxylic acids is 2. The van der Waals surface area contributed by atoms with Crippen molar-refractivity contribution >= 4 is 23.4 Å². The van der Waals surface area contributed by atoms with Gasteiger partial charge in [0, 0.05) is 80.8 Å². The van der Waals surface area contributed by atoms with Crippen molar-refractivity contribution < 1.29 is 34.8 Å². The second kappa shape index (κ2) is 19.0. The monoisotopic (exact) mass is 777 g/mol. The Kier molecular flexibility index (Phi) is 14.2. The molecule has 4 unspecified atom stereocenters. The van der Waals surface area contributed by atoms with Crippen LogP contribution in [0.3, 0.4) is 0 Å². The number of carbonyl (C=O) groups is 2. The molecule has 12 nitrogen and oxygen atoms in total. The molecule has 2 amide bonds. The molecule has 2 heterocycles. The van der Waals surface area contributed by atoms with E-state index >= 15 is 0 Å². The van der Waals surface area contributed by atoms with Crippen molar-refractivity contribution in [2.45, 2.75) is 101 Å². The van der Waals surface area contributed by atoms with Gasteiger partial charge < -0.3 is 40.7 Å². The summed E-state index contributed by atoms with van der Waals surface area (Å²) in [5.41, 5.74) is 5.49. The topological polar surface area (TPSA) is 168 Å². The van der Waals surface area contributed by atoms with Crippen LogP contribution in [0.5, 0.6) is 5.75 Å². The highest BCUT2D eigenvalue weighted by Crippen LogP contribution is 2.50. The normalized spacial score (nSPS) is 19.0. The van der Waals surface area contributed by atoms with Crippen molar-refractivity contribution in [2.24, 2.45) is 0 Å². The molecule has 298 valence electrons. The molecule has 55 heavy (non-hydrogen) atoms. The maximum absolute atomic E-state index is 13.1. The van der Waals surface area contributed by atoms with E-state index in [4.69, 9.17) is 21.4 Å². The van der Waals surface area contributed by atoms with E-state index in [-0.39, 0.29) is 49.4 Å². The second-order valence-electron chi connectivity index (χ2n) is 15.4. The number of piperazine rings is 1. The van der Waals surface area contributed by atoms with Crippen LogP contribution >= 0.6 is 11.6 Å². The summed E-state index contributed by atoms with van der Waals surface area (Å²) >= 11 is 6.75. The molecule has 0 radical (unpaired) electrons. The van der Waals surface area contributed by atoms with Gasteiger partial charge in [-0.1, -0.05) is 48.9 Å². The van der Waals surface area contributed by atoms with Gasteiger partial charge in [0.1, 0.15) is 11.9 Å². The van der Waals surface area contributed by atoms with Crippen molar-refractivity contribution in [3.63, 3.8) is 0 Å². The predicted molar refractivity (Wildman–Crippen MR) is 211 cm³/mol. The fraction of sp³-hybridized carbons (Fsp3) is 0.548. The molecule has 1 aliphatic heterocycles. The fourth-order valence-electron chi connectivity index (χ4n) is 7.33. The van der Waals surface area contributed by atoms with Gasteiger partial charge in [0.2, 0.25) is 11.8 Å². The van der Waals surface area contributed by atoms with Crippen LogP contribution in [0.25, 0.3) is 11.1 Å². The lowest BCUT2D eigenvalue weighted by molar-refractivity contribution is -0.133. The van der Waals surface area contributed by atoms with Crippen molar-refractivity contribution in [1.82, 2.24) is 25.4 Å². The molecule has 6 rings (SSSR count). The zero-order valence-corrected chi connectivity index (χ0v) is 32.5. The quantitative estimate of drug-likeness (QED) is 0.0996. The van der Waals surface area contributed by atoms with E-state index in [1.807, 2.05) is 34.3 Å². The summed E-state index contributed by atoms with van der Waals surface area (Å²) in [6.07, 6.45) is 6.31. The van der Waals surface area contributed by atoms with Gasteiger partial charge in [0.05, 0.1) is 24.9 Å². The average Bonchev–Trinajstić information content (AvgIpc) is 4.14. The van der Waals surface area contributed by atoms with Crippen LogP contribution in [-0.4, -0.2) is 117 Å². The highest BCUT2D eigenvalue weighted by Gasteiger charge is 2.46. The van der Waals surface area contributed by atoms with Gasteiger partial charge in [-0.25, -0.2) is 0 Å². The van der Waals surface area contributed by atoms with E-state index in [2.05, 4.69) is 58.9 Å². The fourth-order valence-corrected chi connectivity index (χ4v) is 7.52. The highest BCUT2D eigenvalue weighted by molar-refractivity contribution is 6.31. The summed E-state index contributed by atoms with van der Waals surface area (Å²) < 4.78 is 6.28. The lowest BCUT2D eigenvalue weighted by Crippen LogP contribution is -2.52. The Bertz CT molecular complexity index is 1750. The average molecular weight is 778 g/mol.